The maximum Gasteiger partial charge on any atom is 0.154 e. The van der Waals surface area contributed by atoms with Crippen molar-refractivity contribution in [2.45, 2.75) is 123 Å². The van der Waals surface area contributed by atoms with Crippen molar-refractivity contribution in [3.63, 3.8) is 0 Å². The summed E-state index contributed by atoms with van der Waals surface area (Å²) in [6.07, 6.45) is 19.1. The predicted octanol–water partition coefficient (Wildman–Crippen LogP) is 6.19. The largest absolute Gasteiger partial charge is 0.368 e. The molecule has 0 aromatic rings. The monoisotopic (exact) mass is 314 g/mol. The van der Waals surface area contributed by atoms with Crippen LogP contribution in [-0.2, 0) is 0 Å². The molecule has 0 aliphatic heterocycles. The molecule has 2 N–H and O–H groups in total. The molecule has 0 aromatic carbocycles. The summed E-state index contributed by atoms with van der Waals surface area (Å²) in [4.78, 5) is 0. The standard InChI is InChI=1S/C20H42O2/c1-3-5-7-9-11-12-14-16-18-19(20(21)22)17-15-13-10-8-6-4-2/h19-22H,3-18H2,1-2H3. The van der Waals surface area contributed by atoms with Crippen molar-refractivity contribution in [3.05, 3.63) is 0 Å². The molecule has 0 bridgehead atoms. The Labute approximate surface area is 139 Å². The zero-order chi connectivity index (χ0) is 16.5. The van der Waals surface area contributed by atoms with E-state index >= 15 is 0 Å². The molecule has 2 nitrogen and oxygen atoms in total. The van der Waals surface area contributed by atoms with Crippen molar-refractivity contribution in [2.24, 2.45) is 5.92 Å². The number of hydrogen-bond acceptors (Lipinski definition) is 2. The summed E-state index contributed by atoms with van der Waals surface area (Å²) in [5.74, 6) is 0.103. The Bertz CT molecular complexity index is 204. The molecule has 0 rings (SSSR count). The normalized spacial score (nSPS) is 13.0. The molecule has 0 aliphatic carbocycles. The minimum atomic E-state index is -1.11. The summed E-state index contributed by atoms with van der Waals surface area (Å²) >= 11 is 0. The van der Waals surface area contributed by atoms with Gasteiger partial charge in [0.25, 0.3) is 0 Å². The van der Waals surface area contributed by atoms with Gasteiger partial charge in [0.05, 0.1) is 0 Å². The number of aliphatic hydroxyl groups excluding tert-OH is 1. The van der Waals surface area contributed by atoms with Gasteiger partial charge in [0, 0.05) is 5.92 Å². The van der Waals surface area contributed by atoms with Crippen molar-refractivity contribution < 1.29 is 10.2 Å². The Morgan fingerprint density at radius 3 is 1.14 bits per heavy atom. The van der Waals surface area contributed by atoms with E-state index in [4.69, 9.17) is 0 Å². The van der Waals surface area contributed by atoms with E-state index in [1.165, 1.54) is 77.0 Å². The Morgan fingerprint density at radius 1 is 0.500 bits per heavy atom. The summed E-state index contributed by atoms with van der Waals surface area (Å²) in [6, 6.07) is 0. The van der Waals surface area contributed by atoms with Gasteiger partial charge >= 0.3 is 0 Å². The smallest absolute Gasteiger partial charge is 0.154 e. The van der Waals surface area contributed by atoms with E-state index in [9.17, 15) is 10.2 Å². The highest BCUT2D eigenvalue weighted by molar-refractivity contribution is 4.62. The lowest BCUT2D eigenvalue weighted by Crippen LogP contribution is -2.19. The summed E-state index contributed by atoms with van der Waals surface area (Å²) in [5.41, 5.74) is 0. The van der Waals surface area contributed by atoms with E-state index in [1.54, 1.807) is 0 Å². The summed E-state index contributed by atoms with van der Waals surface area (Å²) in [5, 5.41) is 19.0. The van der Waals surface area contributed by atoms with Crippen LogP contribution in [0.4, 0.5) is 0 Å². The Hall–Kier alpha value is -0.0800. The van der Waals surface area contributed by atoms with Crippen molar-refractivity contribution >= 4 is 0 Å². The van der Waals surface area contributed by atoms with Gasteiger partial charge in [0.1, 0.15) is 0 Å². The van der Waals surface area contributed by atoms with E-state index in [0.717, 1.165) is 25.7 Å². The second-order valence-corrected chi connectivity index (χ2v) is 6.99. The zero-order valence-corrected chi connectivity index (χ0v) is 15.4. The third-order valence-corrected chi connectivity index (χ3v) is 4.78. The maximum absolute atomic E-state index is 9.51. The first-order valence-corrected chi connectivity index (χ1v) is 10.1. The second-order valence-electron chi connectivity index (χ2n) is 6.99. The average Bonchev–Trinajstić information content (AvgIpc) is 2.50. The van der Waals surface area contributed by atoms with Crippen molar-refractivity contribution in [1.82, 2.24) is 0 Å². The first-order valence-electron chi connectivity index (χ1n) is 10.1. The molecular formula is C20H42O2. The molecule has 0 spiro atoms. The molecule has 0 fully saturated rings. The van der Waals surface area contributed by atoms with Crippen LogP contribution in [0.2, 0.25) is 0 Å². The Kier molecular flexibility index (Phi) is 17.2. The van der Waals surface area contributed by atoms with Crippen LogP contribution in [0.1, 0.15) is 117 Å². The second kappa shape index (κ2) is 17.3. The van der Waals surface area contributed by atoms with E-state index < -0.39 is 6.29 Å². The molecule has 0 saturated carbocycles. The number of hydrogen-bond donors (Lipinski definition) is 2. The van der Waals surface area contributed by atoms with Crippen LogP contribution in [0.3, 0.4) is 0 Å². The molecule has 22 heavy (non-hydrogen) atoms. The Morgan fingerprint density at radius 2 is 0.818 bits per heavy atom. The third-order valence-electron chi connectivity index (χ3n) is 4.78. The number of unbranched alkanes of at least 4 members (excludes halogenated alkanes) is 12. The van der Waals surface area contributed by atoms with Gasteiger partial charge in [0.15, 0.2) is 6.29 Å². The van der Waals surface area contributed by atoms with Gasteiger partial charge in [-0.2, -0.15) is 0 Å². The lowest BCUT2D eigenvalue weighted by atomic mass is 9.93. The minimum absolute atomic E-state index is 0.103. The molecule has 0 saturated heterocycles. The van der Waals surface area contributed by atoms with Crippen LogP contribution in [0, 0.1) is 5.92 Å². The fraction of sp³-hybridized carbons (Fsp3) is 1.00. The van der Waals surface area contributed by atoms with Crippen LogP contribution < -0.4 is 0 Å². The van der Waals surface area contributed by atoms with Crippen molar-refractivity contribution in [1.29, 1.82) is 0 Å². The highest BCUT2D eigenvalue weighted by Gasteiger charge is 2.15. The number of rotatable bonds is 17. The SMILES string of the molecule is CCCCCCCCCCC(CCCCCCCC)C(O)O. The van der Waals surface area contributed by atoms with Crippen molar-refractivity contribution in [2.75, 3.05) is 0 Å². The quantitative estimate of drug-likeness (QED) is 0.248. The average molecular weight is 315 g/mol. The Balaban J connectivity index is 3.48. The van der Waals surface area contributed by atoms with Crippen LogP contribution in [0.25, 0.3) is 0 Å². The van der Waals surface area contributed by atoms with E-state index in [0.29, 0.717) is 0 Å². The van der Waals surface area contributed by atoms with Gasteiger partial charge in [-0.05, 0) is 12.8 Å². The lowest BCUT2D eigenvalue weighted by Gasteiger charge is -2.18. The molecular weight excluding hydrogens is 272 g/mol. The van der Waals surface area contributed by atoms with E-state index in [2.05, 4.69) is 13.8 Å². The van der Waals surface area contributed by atoms with Crippen LogP contribution in [0.5, 0.6) is 0 Å². The molecule has 0 aromatic heterocycles. The fourth-order valence-corrected chi connectivity index (χ4v) is 3.17. The predicted molar refractivity (Wildman–Crippen MR) is 96.9 cm³/mol. The molecule has 0 radical (unpaired) electrons. The van der Waals surface area contributed by atoms with Gasteiger partial charge in [-0.1, -0.05) is 104 Å². The summed E-state index contributed by atoms with van der Waals surface area (Å²) in [6.45, 7) is 4.49. The zero-order valence-electron chi connectivity index (χ0n) is 15.4. The minimum Gasteiger partial charge on any atom is -0.368 e. The van der Waals surface area contributed by atoms with Crippen LogP contribution >= 0.6 is 0 Å². The van der Waals surface area contributed by atoms with Gasteiger partial charge in [-0.3, -0.25) is 0 Å². The summed E-state index contributed by atoms with van der Waals surface area (Å²) in [7, 11) is 0. The van der Waals surface area contributed by atoms with Crippen molar-refractivity contribution in [3.8, 4) is 0 Å². The number of aliphatic hydroxyl groups is 2. The molecule has 0 heterocycles. The third kappa shape index (κ3) is 14.8. The maximum atomic E-state index is 9.51. The molecule has 134 valence electrons. The van der Waals surface area contributed by atoms with E-state index in [1.807, 2.05) is 0 Å². The highest BCUT2D eigenvalue weighted by Crippen LogP contribution is 2.21. The van der Waals surface area contributed by atoms with E-state index in [-0.39, 0.29) is 5.92 Å². The molecule has 1 unspecified atom stereocenters. The molecule has 1 atom stereocenters. The lowest BCUT2D eigenvalue weighted by molar-refractivity contribution is -0.0890. The molecule has 2 heteroatoms. The van der Waals surface area contributed by atoms with Crippen LogP contribution in [-0.4, -0.2) is 16.5 Å². The van der Waals surface area contributed by atoms with Gasteiger partial charge < -0.3 is 10.2 Å². The van der Waals surface area contributed by atoms with Gasteiger partial charge in [-0.15, -0.1) is 0 Å². The highest BCUT2D eigenvalue weighted by atomic mass is 16.5. The van der Waals surface area contributed by atoms with Gasteiger partial charge in [-0.25, -0.2) is 0 Å². The first-order chi connectivity index (χ1) is 10.7. The first kappa shape index (κ1) is 21.9. The molecule has 0 aliphatic rings. The van der Waals surface area contributed by atoms with Crippen LogP contribution in [0.15, 0.2) is 0 Å². The fourth-order valence-electron chi connectivity index (χ4n) is 3.17. The summed E-state index contributed by atoms with van der Waals surface area (Å²) < 4.78 is 0. The molecule has 0 amide bonds. The van der Waals surface area contributed by atoms with Gasteiger partial charge in [0.2, 0.25) is 0 Å². The topological polar surface area (TPSA) is 40.5 Å².